The van der Waals surface area contributed by atoms with Crippen molar-refractivity contribution < 1.29 is 0 Å². The average Bonchev–Trinajstić information content (AvgIpc) is 2.71. The van der Waals surface area contributed by atoms with E-state index in [4.69, 9.17) is 5.73 Å². The molecule has 1 aliphatic heterocycles. The van der Waals surface area contributed by atoms with E-state index in [0.29, 0.717) is 5.41 Å². The van der Waals surface area contributed by atoms with Crippen molar-refractivity contribution in [2.45, 2.75) is 52.4 Å². The Morgan fingerprint density at radius 3 is 2.12 bits per heavy atom. The molecule has 0 aromatic heterocycles. The van der Waals surface area contributed by atoms with E-state index in [9.17, 15) is 0 Å². The Labute approximate surface area is 101 Å². The molecule has 0 bridgehead atoms. The van der Waals surface area contributed by atoms with Gasteiger partial charge in [-0.1, -0.05) is 26.7 Å². The van der Waals surface area contributed by atoms with Gasteiger partial charge in [-0.15, -0.1) is 0 Å². The number of hydrogen-bond donors (Lipinski definition) is 1. The Bertz CT molecular complexity index is 219. The Hall–Kier alpha value is -0.0800. The van der Waals surface area contributed by atoms with Crippen molar-refractivity contribution in [2.24, 2.45) is 16.6 Å². The topological polar surface area (TPSA) is 29.3 Å². The van der Waals surface area contributed by atoms with Crippen LogP contribution in [0.3, 0.4) is 0 Å². The molecular formula is C14H28N2. The molecular weight excluding hydrogens is 196 g/mol. The summed E-state index contributed by atoms with van der Waals surface area (Å²) in [4.78, 5) is 2.64. The lowest BCUT2D eigenvalue weighted by atomic mass is 9.76. The van der Waals surface area contributed by atoms with Gasteiger partial charge in [0.05, 0.1) is 0 Å². The van der Waals surface area contributed by atoms with Crippen LogP contribution in [0.5, 0.6) is 0 Å². The molecule has 2 nitrogen and oxygen atoms in total. The number of hydrogen-bond acceptors (Lipinski definition) is 2. The minimum absolute atomic E-state index is 0.292. The molecule has 1 aliphatic carbocycles. The summed E-state index contributed by atoms with van der Waals surface area (Å²) >= 11 is 0. The zero-order valence-electron chi connectivity index (χ0n) is 11.1. The zero-order valence-corrected chi connectivity index (χ0v) is 11.1. The fourth-order valence-corrected chi connectivity index (χ4v) is 3.48. The molecule has 2 heteroatoms. The summed E-state index contributed by atoms with van der Waals surface area (Å²) in [6.07, 6.45) is 8.84. The van der Waals surface area contributed by atoms with Gasteiger partial charge in [-0.3, -0.25) is 0 Å². The maximum atomic E-state index is 5.81. The van der Waals surface area contributed by atoms with Crippen molar-refractivity contribution >= 4 is 0 Å². The number of piperidine rings is 1. The third kappa shape index (κ3) is 2.78. The fourth-order valence-electron chi connectivity index (χ4n) is 3.48. The van der Waals surface area contributed by atoms with E-state index in [0.717, 1.165) is 12.0 Å². The minimum Gasteiger partial charge on any atom is -0.330 e. The van der Waals surface area contributed by atoms with Gasteiger partial charge in [-0.05, 0) is 56.1 Å². The summed E-state index contributed by atoms with van der Waals surface area (Å²) in [5, 5.41) is 0. The van der Waals surface area contributed by atoms with Crippen LogP contribution in [0.2, 0.25) is 0 Å². The molecule has 0 amide bonds. The lowest BCUT2D eigenvalue weighted by molar-refractivity contribution is 0.0805. The maximum absolute atomic E-state index is 5.81. The smallest absolute Gasteiger partial charge is 0.00448 e. The summed E-state index contributed by atoms with van der Waals surface area (Å²) in [6, 6.07) is 0. The predicted octanol–water partition coefficient (Wildman–Crippen LogP) is 2.63. The highest BCUT2D eigenvalue weighted by Gasteiger charge is 2.37. The van der Waals surface area contributed by atoms with E-state index in [2.05, 4.69) is 18.7 Å². The van der Waals surface area contributed by atoms with Crippen molar-refractivity contribution in [3.8, 4) is 0 Å². The molecule has 1 saturated heterocycles. The molecule has 94 valence electrons. The summed E-state index contributed by atoms with van der Waals surface area (Å²) in [5.41, 5.74) is 6.86. The molecule has 2 aliphatic rings. The van der Waals surface area contributed by atoms with Gasteiger partial charge in [0.15, 0.2) is 0 Å². The van der Waals surface area contributed by atoms with Crippen LogP contribution < -0.4 is 5.73 Å². The molecule has 1 heterocycles. The molecule has 2 rings (SSSR count). The first-order chi connectivity index (χ1) is 7.55. The van der Waals surface area contributed by atoms with Crippen molar-refractivity contribution in [1.29, 1.82) is 0 Å². The molecule has 0 radical (unpaired) electrons. The Morgan fingerprint density at radius 2 is 1.62 bits per heavy atom. The molecule has 16 heavy (non-hydrogen) atoms. The summed E-state index contributed by atoms with van der Waals surface area (Å²) in [5.74, 6) is 0. The van der Waals surface area contributed by atoms with E-state index >= 15 is 0 Å². The SMILES string of the molecule is CC(C)(CN)CN1CCC2(CCCC2)CC1. The van der Waals surface area contributed by atoms with Crippen LogP contribution in [0.15, 0.2) is 0 Å². The van der Waals surface area contributed by atoms with Gasteiger partial charge in [0.25, 0.3) is 0 Å². The largest absolute Gasteiger partial charge is 0.330 e. The van der Waals surface area contributed by atoms with Crippen LogP contribution in [0, 0.1) is 10.8 Å². The van der Waals surface area contributed by atoms with E-state index in [1.54, 1.807) is 0 Å². The fraction of sp³-hybridized carbons (Fsp3) is 1.00. The van der Waals surface area contributed by atoms with Gasteiger partial charge < -0.3 is 10.6 Å². The molecule has 0 aromatic carbocycles. The lowest BCUT2D eigenvalue weighted by Crippen LogP contribution is -2.45. The monoisotopic (exact) mass is 224 g/mol. The van der Waals surface area contributed by atoms with E-state index < -0.39 is 0 Å². The molecule has 0 unspecified atom stereocenters. The van der Waals surface area contributed by atoms with Crippen molar-refractivity contribution in [1.82, 2.24) is 4.90 Å². The molecule has 1 saturated carbocycles. The second kappa shape index (κ2) is 4.66. The second-order valence-corrected chi connectivity index (χ2v) is 6.85. The predicted molar refractivity (Wildman–Crippen MR) is 69.4 cm³/mol. The molecule has 0 aromatic rings. The lowest BCUT2D eigenvalue weighted by Gasteiger charge is -2.42. The van der Waals surface area contributed by atoms with Gasteiger partial charge >= 0.3 is 0 Å². The summed E-state index contributed by atoms with van der Waals surface area (Å²) in [6.45, 7) is 9.17. The van der Waals surface area contributed by atoms with Crippen LogP contribution >= 0.6 is 0 Å². The number of likely N-dealkylation sites (tertiary alicyclic amines) is 1. The van der Waals surface area contributed by atoms with E-state index in [1.807, 2.05) is 0 Å². The Kier molecular flexibility index (Phi) is 3.60. The van der Waals surface area contributed by atoms with Gasteiger partial charge in [0.1, 0.15) is 0 Å². The van der Waals surface area contributed by atoms with E-state index in [1.165, 1.54) is 58.2 Å². The van der Waals surface area contributed by atoms with Gasteiger partial charge in [0, 0.05) is 6.54 Å². The first-order valence-corrected chi connectivity index (χ1v) is 6.98. The van der Waals surface area contributed by atoms with Gasteiger partial charge in [0.2, 0.25) is 0 Å². The third-order valence-electron chi connectivity index (χ3n) is 4.79. The highest BCUT2D eigenvalue weighted by molar-refractivity contribution is 4.90. The van der Waals surface area contributed by atoms with Crippen LogP contribution in [0.1, 0.15) is 52.4 Å². The number of nitrogens with zero attached hydrogens (tertiary/aromatic N) is 1. The third-order valence-corrected chi connectivity index (χ3v) is 4.79. The first kappa shape index (κ1) is 12.4. The van der Waals surface area contributed by atoms with Crippen LogP contribution in [-0.2, 0) is 0 Å². The van der Waals surface area contributed by atoms with Crippen molar-refractivity contribution in [3.05, 3.63) is 0 Å². The highest BCUT2D eigenvalue weighted by Crippen LogP contribution is 2.46. The van der Waals surface area contributed by atoms with E-state index in [-0.39, 0.29) is 0 Å². The first-order valence-electron chi connectivity index (χ1n) is 6.98. The Balaban J connectivity index is 1.81. The number of rotatable bonds is 3. The highest BCUT2D eigenvalue weighted by atomic mass is 15.1. The number of nitrogens with two attached hydrogens (primary N) is 1. The minimum atomic E-state index is 0.292. The summed E-state index contributed by atoms with van der Waals surface area (Å²) < 4.78 is 0. The summed E-state index contributed by atoms with van der Waals surface area (Å²) in [7, 11) is 0. The quantitative estimate of drug-likeness (QED) is 0.798. The van der Waals surface area contributed by atoms with Crippen LogP contribution in [0.4, 0.5) is 0 Å². The van der Waals surface area contributed by atoms with Crippen molar-refractivity contribution in [2.75, 3.05) is 26.2 Å². The van der Waals surface area contributed by atoms with Gasteiger partial charge in [-0.25, -0.2) is 0 Å². The zero-order chi connectivity index (χ0) is 11.6. The maximum Gasteiger partial charge on any atom is 0.00448 e. The normalized spacial score (nSPS) is 26.4. The standard InChI is InChI=1S/C14H28N2/c1-13(2,11-15)12-16-9-7-14(8-10-16)5-3-4-6-14/h3-12,15H2,1-2H3. The van der Waals surface area contributed by atoms with Crippen molar-refractivity contribution in [3.63, 3.8) is 0 Å². The Morgan fingerprint density at radius 1 is 1.06 bits per heavy atom. The second-order valence-electron chi connectivity index (χ2n) is 6.85. The molecule has 2 N–H and O–H groups in total. The molecule has 1 spiro atoms. The van der Waals surface area contributed by atoms with Crippen LogP contribution in [0.25, 0.3) is 0 Å². The average molecular weight is 224 g/mol. The van der Waals surface area contributed by atoms with Crippen LogP contribution in [-0.4, -0.2) is 31.1 Å². The molecule has 2 fully saturated rings. The molecule has 0 atom stereocenters. The van der Waals surface area contributed by atoms with Gasteiger partial charge in [-0.2, -0.15) is 0 Å².